The topological polar surface area (TPSA) is 83.7 Å². The fraction of sp³-hybridized carbons (Fsp3) is 0.462. The van der Waals surface area contributed by atoms with Gasteiger partial charge in [-0.3, -0.25) is 19.8 Å². The van der Waals surface area contributed by atoms with Crippen LogP contribution in [0.4, 0.5) is 10.1 Å². The molecule has 0 aromatic heterocycles. The Morgan fingerprint density at radius 2 is 2.30 bits per heavy atom. The molecule has 2 rings (SSSR count). The van der Waals surface area contributed by atoms with E-state index in [1.807, 2.05) is 4.90 Å². The van der Waals surface area contributed by atoms with Crippen LogP contribution in [-0.2, 0) is 11.3 Å². The van der Waals surface area contributed by atoms with Gasteiger partial charge < -0.3 is 5.11 Å². The predicted octanol–water partition coefficient (Wildman–Crippen LogP) is 2.03. The van der Waals surface area contributed by atoms with Crippen LogP contribution in [0.3, 0.4) is 0 Å². The number of carboxylic acid groups (broad SMARTS) is 1. The highest BCUT2D eigenvalue weighted by Crippen LogP contribution is 2.24. The molecule has 6 nitrogen and oxygen atoms in total. The number of likely N-dealkylation sites (tertiary alicyclic amines) is 1. The van der Waals surface area contributed by atoms with Crippen molar-refractivity contribution in [3.05, 3.63) is 39.7 Å². The molecule has 0 saturated carbocycles. The summed E-state index contributed by atoms with van der Waals surface area (Å²) in [6.07, 6.45) is 1.34. The molecule has 1 fully saturated rings. The van der Waals surface area contributed by atoms with Crippen molar-refractivity contribution in [2.24, 2.45) is 5.92 Å². The second kappa shape index (κ2) is 5.96. The van der Waals surface area contributed by atoms with Crippen molar-refractivity contribution in [1.82, 2.24) is 4.90 Å². The fourth-order valence-corrected chi connectivity index (χ4v) is 2.47. The van der Waals surface area contributed by atoms with Crippen LogP contribution in [0, 0.1) is 21.8 Å². The van der Waals surface area contributed by atoms with Crippen molar-refractivity contribution < 1.29 is 19.2 Å². The highest BCUT2D eigenvalue weighted by atomic mass is 19.1. The van der Waals surface area contributed by atoms with E-state index in [1.165, 1.54) is 12.1 Å². The Morgan fingerprint density at radius 1 is 1.55 bits per heavy atom. The SMILES string of the molecule is O=C(O)C1CCCN(Cc2cccc([N+](=O)[O-])c2F)C1. The average molecular weight is 282 g/mol. The van der Waals surface area contributed by atoms with Gasteiger partial charge in [0.2, 0.25) is 5.82 Å². The maximum absolute atomic E-state index is 13.9. The van der Waals surface area contributed by atoms with Crippen molar-refractivity contribution >= 4 is 11.7 Å². The van der Waals surface area contributed by atoms with Crippen LogP contribution < -0.4 is 0 Å². The molecule has 0 bridgehead atoms. The summed E-state index contributed by atoms with van der Waals surface area (Å²) in [5, 5.41) is 19.7. The van der Waals surface area contributed by atoms with E-state index >= 15 is 0 Å². The second-order valence-corrected chi connectivity index (χ2v) is 4.92. The molecule has 0 radical (unpaired) electrons. The average Bonchev–Trinajstić information content (AvgIpc) is 2.41. The van der Waals surface area contributed by atoms with Gasteiger partial charge in [-0.25, -0.2) is 0 Å². The Bertz CT molecular complexity index is 535. The van der Waals surface area contributed by atoms with Gasteiger partial charge in [0.15, 0.2) is 0 Å². The van der Waals surface area contributed by atoms with Crippen LogP contribution in [0.2, 0.25) is 0 Å². The molecule has 1 N–H and O–H groups in total. The summed E-state index contributed by atoms with van der Waals surface area (Å²) in [5.74, 6) is -2.14. The molecule has 0 amide bonds. The first-order valence-electron chi connectivity index (χ1n) is 6.36. The normalized spacial score (nSPS) is 19.8. The minimum absolute atomic E-state index is 0.192. The molecule has 1 aliphatic rings. The highest BCUT2D eigenvalue weighted by molar-refractivity contribution is 5.70. The molecule has 108 valence electrons. The minimum Gasteiger partial charge on any atom is -0.481 e. The zero-order chi connectivity index (χ0) is 14.7. The zero-order valence-corrected chi connectivity index (χ0v) is 10.8. The molecule has 1 heterocycles. The highest BCUT2D eigenvalue weighted by Gasteiger charge is 2.26. The van der Waals surface area contributed by atoms with Crippen molar-refractivity contribution in [2.75, 3.05) is 13.1 Å². The number of hydrogen-bond donors (Lipinski definition) is 1. The first kappa shape index (κ1) is 14.4. The van der Waals surface area contributed by atoms with Gasteiger partial charge in [-0.15, -0.1) is 0 Å². The first-order valence-corrected chi connectivity index (χ1v) is 6.36. The third-order valence-electron chi connectivity index (χ3n) is 3.50. The second-order valence-electron chi connectivity index (χ2n) is 4.92. The Morgan fingerprint density at radius 3 is 2.95 bits per heavy atom. The van der Waals surface area contributed by atoms with Gasteiger partial charge in [-0.2, -0.15) is 4.39 Å². The summed E-state index contributed by atoms with van der Waals surface area (Å²) in [6.45, 7) is 1.21. The molecular weight excluding hydrogens is 267 g/mol. The molecule has 0 aliphatic carbocycles. The number of hydrogen-bond acceptors (Lipinski definition) is 4. The Kier molecular flexibility index (Phi) is 4.29. The molecule has 0 spiro atoms. The van der Waals surface area contributed by atoms with Gasteiger partial charge in [0.05, 0.1) is 10.8 Å². The third-order valence-corrected chi connectivity index (χ3v) is 3.50. The van der Waals surface area contributed by atoms with Crippen molar-refractivity contribution in [1.29, 1.82) is 0 Å². The van der Waals surface area contributed by atoms with E-state index in [4.69, 9.17) is 5.11 Å². The Balaban J connectivity index is 2.12. The molecule has 7 heteroatoms. The maximum Gasteiger partial charge on any atom is 0.307 e. The molecule has 1 aliphatic heterocycles. The molecule has 1 aromatic rings. The fourth-order valence-electron chi connectivity index (χ4n) is 2.47. The summed E-state index contributed by atoms with van der Waals surface area (Å²) >= 11 is 0. The number of carbonyl (C=O) groups is 1. The lowest BCUT2D eigenvalue weighted by atomic mass is 9.98. The zero-order valence-electron chi connectivity index (χ0n) is 10.8. The summed E-state index contributed by atoms with van der Waals surface area (Å²) in [7, 11) is 0. The van der Waals surface area contributed by atoms with E-state index in [2.05, 4.69) is 0 Å². The molecular formula is C13H15FN2O4. The van der Waals surface area contributed by atoms with Crippen molar-refractivity contribution in [3.63, 3.8) is 0 Å². The molecule has 1 unspecified atom stereocenters. The predicted molar refractivity (Wildman–Crippen MR) is 68.7 cm³/mol. The van der Waals surface area contributed by atoms with Crippen LogP contribution in [0.25, 0.3) is 0 Å². The van der Waals surface area contributed by atoms with Gasteiger partial charge in [0.25, 0.3) is 0 Å². The monoisotopic (exact) mass is 282 g/mol. The van der Waals surface area contributed by atoms with Gasteiger partial charge in [-0.1, -0.05) is 12.1 Å². The molecule has 1 atom stereocenters. The van der Waals surface area contributed by atoms with Crippen LogP contribution in [0.5, 0.6) is 0 Å². The molecule has 1 aromatic carbocycles. The van der Waals surface area contributed by atoms with Crippen molar-refractivity contribution in [3.8, 4) is 0 Å². The Hall–Kier alpha value is -2.02. The van der Waals surface area contributed by atoms with E-state index < -0.39 is 28.3 Å². The standard InChI is InChI=1S/C13H15FN2O4/c14-12-9(3-1-5-11(12)16(19)20)7-15-6-2-4-10(8-15)13(17)18/h1,3,5,10H,2,4,6-8H2,(H,17,18). The number of nitro benzene ring substituents is 1. The lowest BCUT2D eigenvalue weighted by Gasteiger charge is -2.30. The molecule has 1 saturated heterocycles. The smallest absolute Gasteiger partial charge is 0.307 e. The van der Waals surface area contributed by atoms with Gasteiger partial charge in [0.1, 0.15) is 0 Å². The summed E-state index contributed by atoms with van der Waals surface area (Å²) in [5.41, 5.74) is -0.320. The number of nitrogens with zero attached hydrogens (tertiary/aromatic N) is 2. The minimum atomic E-state index is -0.853. The van der Waals surface area contributed by atoms with E-state index in [9.17, 15) is 19.3 Å². The van der Waals surface area contributed by atoms with Gasteiger partial charge in [-0.05, 0) is 19.4 Å². The van der Waals surface area contributed by atoms with E-state index in [1.54, 1.807) is 0 Å². The number of halogens is 1. The van der Waals surface area contributed by atoms with Crippen molar-refractivity contribution in [2.45, 2.75) is 19.4 Å². The van der Waals surface area contributed by atoms with Crippen LogP contribution in [-0.4, -0.2) is 34.0 Å². The number of piperidine rings is 1. The lowest BCUT2D eigenvalue weighted by molar-refractivity contribution is -0.387. The Labute approximate surface area is 115 Å². The van der Waals surface area contributed by atoms with Gasteiger partial charge in [0, 0.05) is 24.7 Å². The van der Waals surface area contributed by atoms with E-state index in [0.29, 0.717) is 19.5 Å². The maximum atomic E-state index is 13.9. The number of aliphatic carboxylic acids is 1. The number of benzene rings is 1. The quantitative estimate of drug-likeness (QED) is 0.674. The van der Waals surface area contributed by atoms with E-state index in [0.717, 1.165) is 12.5 Å². The molecule has 20 heavy (non-hydrogen) atoms. The van der Waals surface area contributed by atoms with Gasteiger partial charge >= 0.3 is 11.7 Å². The number of rotatable bonds is 4. The third kappa shape index (κ3) is 3.11. The summed E-state index contributed by atoms with van der Waals surface area (Å²) in [6, 6.07) is 4.05. The largest absolute Gasteiger partial charge is 0.481 e. The number of carboxylic acids is 1. The lowest BCUT2D eigenvalue weighted by Crippen LogP contribution is -2.38. The number of nitro groups is 1. The summed E-state index contributed by atoms with van der Waals surface area (Å²) in [4.78, 5) is 22.7. The van der Waals surface area contributed by atoms with Crippen LogP contribution >= 0.6 is 0 Å². The van der Waals surface area contributed by atoms with E-state index in [-0.39, 0.29) is 12.1 Å². The summed E-state index contributed by atoms with van der Waals surface area (Å²) < 4.78 is 13.9. The van der Waals surface area contributed by atoms with Crippen LogP contribution in [0.15, 0.2) is 18.2 Å². The first-order chi connectivity index (χ1) is 9.49. The van der Waals surface area contributed by atoms with Crippen LogP contribution in [0.1, 0.15) is 18.4 Å².